The molecule has 162 valence electrons. The maximum atomic E-state index is 12.5. The fourth-order valence-electron chi connectivity index (χ4n) is 2.45. The lowest BCUT2D eigenvalue weighted by molar-refractivity contribution is 0.0977. The average molecular weight is 495 g/mol. The third-order valence-electron chi connectivity index (χ3n) is 3.97. The second kappa shape index (κ2) is 13.2. The number of hydrogen-bond acceptors (Lipinski definition) is 5. The first-order chi connectivity index (χ1) is 14.5. The van der Waals surface area contributed by atoms with Crippen molar-refractivity contribution in [3.05, 3.63) is 52.5 Å². The van der Waals surface area contributed by atoms with Crippen molar-refractivity contribution in [2.24, 2.45) is 0 Å². The molecule has 0 aliphatic carbocycles. The van der Waals surface area contributed by atoms with Crippen LogP contribution in [0.25, 0.3) is 0 Å². The Kier molecular flexibility index (Phi) is 10.6. The number of hydrogen-bond donors (Lipinski definition) is 2. The van der Waals surface area contributed by atoms with Crippen molar-refractivity contribution in [2.75, 3.05) is 31.7 Å². The molecule has 6 nitrogen and oxygen atoms in total. The van der Waals surface area contributed by atoms with Crippen molar-refractivity contribution >= 4 is 44.9 Å². The van der Waals surface area contributed by atoms with Crippen LogP contribution in [0.3, 0.4) is 0 Å². The molecule has 0 unspecified atom stereocenters. The summed E-state index contributed by atoms with van der Waals surface area (Å²) in [6, 6.07) is 12.5. The highest BCUT2D eigenvalue weighted by molar-refractivity contribution is 9.10. The van der Waals surface area contributed by atoms with Crippen molar-refractivity contribution in [1.82, 2.24) is 5.32 Å². The third kappa shape index (κ3) is 8.30. The molecule has 0 heterocycles. The molecule has 0 aliphatic heterocycles. The van der Waals surface area contributed by atoms with Crippen LogP contribution in [0.2, 0.25) is 0 Å². The molecule has 0 fully saturated rings. The Bertz CT molecular complexity index is 848. The fourth-order valence-corrected chi connectivity index (χ4v) is 3.15. The predicted molar refractivity (Wildman–Crippen MR) is 127 cm³/mol. The van der Waals surface area contributed by atoms with Crippen LogP contribution in [0.1, 0.15) is 37.0 Å². The lowest BCUT2D eigenvalue weighted by Crippen LogP contribution is -2.34. The van der Waals surface area contributed by atoms with Gasteiger partial charge in [0.1, 0.15) is 18.1 Å². The lowest BCUT2D eigenvalue weighted by atomic mass is 10.2. The molecule has 2 N–H and O–H groups in total. The molecule has 2 aromatic carbocycles. The Hall–Kier alpha value is -2.16. The van der Waals surface area contributed by atoms with Gasteiger partial charge >= 0.3 is 0 Å². The van der Waals surface area contributed by atoms with E-state index in [4.69, 9.17) is 26.4 Å². The first-order valence-electron chi connectivity index (χ1n) is 9.88. The minimum atomic E-state index is -0.308. The molecule has 0 aliphatic rings. The lowest BCUT2D eigenvalue weighted by Gasteiger charge is -2.12. The van der Waals surface area contributed by atoms with E-state index in [1.54, 1.807) is 18.2 Å². The summed E-state index contributed by atoms with van der Waals surface area (Å²) in [4.78, 5) is 12.5. The molecule has 8 heteroatoms. The van der Waals surface area contributed by atoms with Gasteiger partial charge in [0.25, 0.3) is 5.91 Å². The molecule has 0 spiro atoms. The fraction of sp³-hybridized carbons (Fsp3) is 0.364. The van der Waals surface area contributed by atoms with Crippen LogP contribution >= 0.6 is 28.1 Å². The summed E-state index contributed by atoms with van der Waals surface area (Å²) in [5.74, 6) is 1.09. The second-order valence-corrected chi connectivity index (χ2v) is 7.59. The highest BCUT2D eigenvalue weighted by atomic mass is 79.9. The number of ether oxygens (including phenoxy) is 3. The highest BCUT2D eigenvalue weighted by Gasteiger charge is 2.11. The summed E-state index contributed by atoms with van der Waals surface area (Å²) in [6.45, 7) is 6.34. The van der Waals surface area contributed by atoms with Gasteiger partial charge in [-0.05, 0) is 71.8 Å². The summed E-state index contributed by atoms with van der Waals surface area (Å²) >= 11 is 8.72. The minimum Gasteiger partial charge on any atom is -0.492 e. The maximum Gasteiger partial charge on any atom is 0.257 e. The van der Waals surface area contributed by atoms with Gasteiger partial charge in [0.15, 0.2) is 5.11 Å². The van der Waals surface area contributed by atoms with E-state index in [-0.39, 0.29) is 11.0 Å². The Morgan fingerprint density at radius 1 is 1.07 bits per heavy atom. The minimum absolute atomic E-state index is 0.200. The number of benzene rings is 2. The first-order valence-corrected chi connectivity index (χ1v) is 11.1. The zero-order valence-corrected chi connectivity index (χ0v) is 19.6. The number of anilines is 1. The van der Waals surface area contributed by atoms with E-state index in [0.717, 1.165) is 23.0 Å². The van der Waals surface area contributed by atoms with Crippen molar-refractivity contribution in [2.45, 2.75) is 26.7 Å². The van der Waals surface area contributed by atoms with E-state index in [2.05, 4.69) is 33.5 Å². The predicted octanol–water partition coefficient (Wildman–Crippen LogP) is 5.17. The van der Waals surface area contributed by atoms with Crippen LogP contribution in [-0.4, -0.2) is 37.4 Å². The van der Waals surface area contributed by atoms with E-state index in [9.17, 15) is 4.79 Å². The van der Waals surface area contributed by atoms with Gasteiger partial charge in [0, 0.05) is 23.9 Å². The van der Waals surface area contributed by atoms with Crippen molar-refractivity contribution in [3.63, 3.8) is 0 Å². The normalized spacial score (nSPS) is 10.4. The molecule has 1 amide bonds. The van der Waals surface area contributed by atoms with Crippen LogP contribution in [0.15, 0.2) is 46.9 Å². The number of halogens is 1. The molecule has 0 bridgehead atoms. The molecule has 30 heavy (non-hydrogen) atoms. The van der Waals surface area contributed by atoms with Gasteiger partial charge in [0.05, 0.1) is 17.7 Å². The van der Waals surface area contributed by atoms with Crippen molar-refractivity contribution in [3.8, 4) is 11.5 Å². The molecule has 2 rings (SSSR count). The SMILES string of the molecule is CCCCOc1ccc(C(=O)NC(=S)Nc2cccc(OCCOCC)c2)cc1Br. The van der Waals surface area contributed by atoms with E-state index < -0.39 is 0 Å². The molecule has 0 saturated carbocycles. The number of unbranched alkanes of at least 4 members (excludes halogenated alkanes) is 1. The highest BCUT2D eigenvalue weighted by Crippen LogP contribution is 2.26. The molecular weight excluding hydrogens is 468 g/mol. The Morgan fingerprint density at radius 3 is 2.63 bits per heavy atom. The first kappa shape index (κ1) is 24.1. The Balaban J connectivity index is 1.88. The number of carbonyl (C=O) groups excluding carboxylic acids is 1. The summed E-state index contributed by atoms with van der Waals surface area (Å²) in [6.07, 6.45) is 2.04. The zero-order chi connectivity index (χ0) is 21.8. The van der Waals surface area contributed by atoms with Gasteiger partial charge in [-0.25, -0.2) is 0 Å². The number of amides is 1. The van der Waals surface area contributed by atoms with Crippen LogP contribution in [0.5, 0.6) is 11.5 Å². The van der Waals surface area contributed by atoms with Gasteiger partial charge in [0.2, 0.25) is 0 Å². The molecule has 0 aromatic heterocycles. The Labute approximate surface area is 191 Å². The molecule has 0 radical (unpaired) electrons. The zero-order valence-electron chi connectivity index (χ0n) is 17.2. The maximum absolute atomic E-state index is 12.5. The quantitative estimate of drug-likeness (QED) is 0.331. The summed E-state index contributed by atoms with van der Waals surface area (Å²) in [7, 11) is 0. The molecule has 0 atom stereocenters. The van der Waals surface area contributed by atoms with Crippen LogP contribution in [0, 0.1) is 0 Å². The van der Waals surface area contributed by atoms with Gasteiger partial charge in [-0.2, -0.15) is 0 Å². The topological polar surface area (TPSA) is 68.8 Å². The standard InChI is InChI=1S/C22H27BrN2O4S/c1-3-5-11-29-20-10-9-16(14-19(20)23)21(26)25-22(30)24-17-7-6-8-18(15-17)28-13-12-27-4-2/h6-10,14-15H,3-5,11-13H2,1-2H3,(H2,24,25,26,30). The summed E-state index contributed by atoms with van der Waals surface area (Å²) < 4.78 is 17.3. The van der Waals surface area contributed by atoms with Gasteiger partial charge in [-0.3, -0.25) is 10.1 Å². The average Bonchev–Trinajstić information content (AvgIpc) is 2.72. The van der Waals surface area contributed by atoms with Gasteiger partial charge in [-0.1, -0.05) is 19.4 Å². The van der Waals surface area contributed by atoms with E-state index in [1.807, 2.05) is 31.2 Å². The number of thiocarbonyl (C=S) groups is 1. The third-order valence-corrected chi connectivity index (χ3v) is 4.79. The van der Waals surface area contributed by atoms with Gasteiger partial charge < -0.3 is 19.5 Å². The van der Waals surface area contributed by atoms with E-state index in [1.165, 1.54) is 0 Å². The molecule has 0 saturated heterocycles. The monoisotopic (exact) mass is 494 g/mol. The summed E-state index contributed by atoms with van der Waals surface area (Å²) in [5.41, 5.74) is 1.19. The van der Waals surface area contributed by atoms with E-state index in [0.29, 0.717) is 43.5 Å². The Morgan fingerprint density at radius 2 is 1.90 bits per heavy atom. The van der Waals surface area contributed by atoms with Crippen LogP contribution in [0.4, 0.5) is 5.69 Å². The number of rotatable bonds is 11. The largest absolute Gasteiger partial charge is 0.492 e. The van der Waals surface area contributed by atoms with E-state index >= 15 is 0 Å². The van der Waals surface area contributed by atoms with Crippen LogP contribution in [-0.2, 0) is 4.74 Å². The second-order valence-electron chi connectivity index (χ2n) is 6.33. The molecule has 2 aromatic rings. The van der Waals surface area contributed by atoms with Crippen molar-refractivity contribution in [1.29, 1.82) is 0 Å². The number of carbonyl (C=O) groups is 1. The smallest absolute Gasteiger partial charge is 0.257 e. The van der Waals surface area contributed by atoms with Gasteiger partial charge in [-0.15, -0.1) is 0 Å². The summed E-state index contributed by atoms with van der Waals surface area (Å²) in [5, 5.41) is 5.88. The van der Waals surface area contributed by atoms with Crippen molar-refractivity contribution < 1.29 is 19.0 Å². The number of nitrogens with one attached hydrogen (secondary N) is 2. The van der Waals surface area contributed by atoms with Crippen LogP contribution < -0.4 is 20.1 Å². The molecular formula is C22H27BrN2O4S.